The fourth-order valence-corrected chi connectivity index (χ4v) is 2.90. The number of halogens is 5. The molecule has 1 aromatic rings. The van der Waals surface area contributed by atoms with Crippen molar-refractivity contribution in [2.24, 2.45) is 0 Å². The summed E-state index contributed by atoms with van der Waals surface area (Å²) in [6, 6.07) is 3.22. The zero-order valence-corrected chi connectivity index (χ0v) is 12.2. The number of hydrogen-bond acceptors (Lipinski definition) is 2. The van der Waals surface area contributed by atoms with Gasteiger partial charge in [0.1, 0.15) is 4.90 Å². The summed E-state index contributed by atoms with van der Waals surface area (Å²) < 4.78 is 68.0. The van der Waals surface area contributed by atoms with E-state index < -0.39 is 15.1 Å². The van der Waals surface area contributed by atoms with Crippen molar-refractivity contribution in [3.63, 3.8) is 0 Å². The molecule has 0 aromatic heterocycles. The van der Waals surface area contributed by atoms with E-state index >= 15 is 0 Å². The Balaban J connectivity index is 1.88. The Hall–Kier alpha value is -0.860. The minimum absolute atomic E-state index is 0.478. The third-order valence-corrected chi connectivity index (χ3v) is 4.58. The zero-order chi connectivity index (χ0) is 15.6. The SMILES string of the molecule is FS(F)(F)(F)(F)c1ccc(CCCN2CCOCC2)cc1. The standard InChI is InChI=1S/C13H18F5NOS/c14-21(15,16,17,18)13-5-3-12(4-6-13)2-1-7-19-8-10-20-11-9-19/h3-6H,1-2,7-11H2. The molecule has 122 valence electrons. The van der Waals surface area contributed by atoms with Crippen LogP contribution in [0.4, 0.5) is 19.4 Å². The minimum Gasteiger partial charge on any atom is -0.379 e. The van der Waals surface area contributed by atoms with E-state index in [9.17, 15) is 19.4 Å². The van der Waals surface area contributed by atoms with Crippen LogP contribution in [0.2, 0.25) is 0 Å². The number of benzene rings is 1. The first-order valence-corrected chi connectivity index (χ1v) is 8.63. The quantitative estimate of drug-likeness (QED) is 0.731. The molecule has 0 unspecified atom stereocenters. The molecule has 2 nitrogen and oxygen atoms in total. The Morgan fingerprint density at radius 2 is 1.52 bits per heavy atom. The third kappa shape index (κ3) is 5.12. The van der Waals surface area contributed by atoms with Crippen molar-refractivity contribution in [1.29, 1.82) is 0 Å². The van der Waals surface area contributed by atoms with Gasteiger partial charge in [-0.2, -0.15) is 0 Å². The molecule has 0 aliphatic carbocycles. The van der Waals surface area contributed by atoms with Crippen molar-refractivity contribution < 1.29 is 24.2 Å². The van der Waals surface area contributed by atoms with Crippen LogP contribution in [0.15, 0.2) is 29.2 Å². The lowest BCUT2D eigenvalue weighted by Crippen LogP contribution is -2.36. The van der Waals surface area contributed by atoms with Gasteiger partial charge < -0.3 is 4.74 Å². The summed E-state index contributed by atoms with van der Waals surface area (Å²) >= 11 is 0. The molecule has 1 heterocycles. The molecule has 0 amide bonds. The topological polar surface area (TPSA) is 12.5 Å². The lowest BCUT2D eigenvalue weighted by molar-refractivity contribution is 0.0375. The van der Waals surface area contributed by atoms with Gasteiger partial charge in [-0.3, -0.25) is 4.90 Å². The average Bonchev–Trinajstić information content (AvgIpc) is 2.38. The van der Waals surface area contributed by atoms with E-state index in [0.29, 0.717) is 37.3 Å². The number of morpholine rings is 1. The van der Waals surface area contributed by atoms with Crippen LogP contribution in [0.3, 0.4) is 0 Å². The molecule has 2 rings (SSSR count). The highest BCUT2D eigenvalue weighted by Gasteiger charge is 2.65. The fourth-order valence-electron chi connectivity index (χ4n) is 2.24. The summed E-state index contributed by atoms with van der Waals surface area (Å²) in [4.78, 5) is 0.388. The Labute approximate surface area is 120 Å². The second-order valence-electron chi connectivity index (χ2n) is 5.17. The molecule has 0 radical (unpaired) electrons. The van der Waals surface area contributed by atoms with Gasteiger partial charge in [0.25, 0.3) is 0 Å². The largest absolute Gasteiger partial charge is 0.379 e. The van der Waals surface area contributed by atoms with Gasteiger partial charge in [0, 0.05) is 13.1 Å². The second kappa shape index (κ2) is 5.10. The van der Waals surface area contributed by atoms with Crippen LogP contribution in [-0.2, 0) is 11.2 Å². The summed E-state index contributed by atoms with van der Waals surface area (Å²) in [6.45, 7) is 3.91. The lowest BCUT2D eigenvalue weighted by Gasteiger charge is -2.40. The second-order valence-corrected chi connectivity index (χ2v) is 7.58. The van der Waals surface area contributed by atoms with Crippen LogP contribution in [-0.4, -0.2) is 37.7 Å². The van der Waals surface area contributed by atoms with Crippen molar-refractivity contribution in [2.75, 3.05) is 32.8 Å². The molecular formula is C13H18F5NOS. The molecule has 0 N–H and O–H groups in total. The maximum atomic E-state index is 12.6. The Morgan fingerprint density at radius 1 is 0.952 bits per heavy atom. The summed E-state index contributed by atoms with van der Waals surface area (Å²) in [7, 11) is -9.54. The number of ether oxygens (including phenoxy) is 1. The number of rotatable bonds is 5. The first-order chi connectivity index (χ1) is 9.54. The average molecular weight is 331 g/mol. The van der Waals surface area contributed by atoms with Crippen molar-refractivity contribution in [3.8, 4) is 0 Å². The monoisotopic (exact) mass is 331 g/mol. The predicted molar refractivity (Wildman–Crippen MR) is 73.4 cm³/mol. The number of nitrogens with zero attached hydrogens (tertiary/aromatic N) is 1. The van der Waals surface area contributed by atoms with Crippen LogP contribution in [0.25, 0.3) is 0 Å². The highest BCUT2D eigenvalue weighted by Crippen LogP contribution is 3.02. The molecule has 1 aromatic carbocycles. The first-order valence-electron chi connectivity index (χ1n) is 6.68. The van der Waals surface area contributed by atoms with Gasteiger partial charge in [-0.05, 0) is 37.1 Å². The van der Waals surface area contributed by atoms with E-state index in [1.54, 1.807) is 0 Å². The van der Waals surface area contributed by atoms with Crippen LogP contribution >= 0.6 is 10.2 Å². The van der Waals surface area contributed by atoms with Gasteiger partial charge in [0.2, 0.25) is 0 Å². The van der Waals surface area contributed by atoms with Crippen LogP contribution in [0, 0.1) is 0 Å². The highest BCUT2D eigenvalue weighted by atomic mass is 32.5. The van der Waals surface area contributed by atoms with Crippen molar-refractivity contribution in [3.05, 3.63) is 29.8 Å². The summed E-state index contributed by atoms with van der Waals surface area (Å²) in [6.07, 6.45) is 1.34. The Kier molecular flexibility index (Phi) is 4.01. The summed E-state index contributed by atoms with van der Waals surface area (Å²) in [5.74, 6) is 0. The maximum Gasteiger partial charge on any atom is 0.310 e. The number of hydrogen-bond donors (Lipinski definition) is 0. The highest BCUT2D eigenvalue weighted by molar-refractivity contribution is 8.45. The third-order valence-electron chi connectivity index (χ3n) is 3.41. The maximum absolute atomic E-state index is 12.6. The predicted octanol–water partition coefficient (Wildman–Crippen LogP) is 4.61. The van der Waals surface area contributed by atoms with E-state index in [-0.39, 0.29) is 0 Å². The molecule has 1 aliphatic heterocycles. The number of aryl methyl sites for hydroxylation is 1. The van der Waals surface area contributed by atoms with Gasteiger partial charge >= 0.3 is 10.2 Å². The molecule has 1 aliphatic rings. The Bertz CT molecular complexity index is 481. The fraction of sp³-hybridized carbons (Fsp3) is 0.538. The van der Waals surface area contributed by atoms with Crippen molar-refractivity contribution in [2.45, 2.75) is 17.7 Å². The normalized spacial score (nSPS) is 20.8. The van der Waals surface area contributed by atoms with E-state index in [4.69, 9.17) is 4.74 Å². The van der Waals surface area contributed by atoms with Crippen LogP contribution < -0.4 is 0 Å². The molecule has 21 heavy (non-hydrogen) atoms. The van der Waals surface area contributed by atoms with Crippen LogP contribution in [0.1, 0.15) is 12.0 Å². The van der Waals surface area contributed by atoms with E-state index in [0.717, 1.165) is 38.2 Å². The summed E-state index contributed by atoms with van der Waals surface area (Å²) in [5.41, 5.74) is 0.633. The first kappa shape index (κ1) is 16.5. The van der Waals surface area contributed by atoms with Gasteiger partial charge in [-0.25, -0.2) is 0 Å². The molecule has 0 spiro atoms. The van der Waals surface area contributed by atoms with Gasteiger partial charge in [-0.15, -0.1) is 0 Å². The van der Waals surface area contributed by atoms with E-state index in [1.165, 1.54) is 0 Å². The van der Waals surface area contributed by atoms with Gasteiger partial charge in [-0.1, -0.05) is 31.6 Å². The Morgan fingerprint density at radius 3 is 2.05 bits per heavy atom. The van der Waals surface area contributed by atoms with E-state index in [2.05, 4.69) is 4.90 Å². The molecule has 0 atom stereocenters. The van der Waals surface area contributed by atoms with E-state index in [1.807, 2.05) is 0 Å². The van der Waals surface area contributed by atoms with Crippen LogP contribution in [0.5, 0.6) is 0 Å². The van der Waals surface area contributed by atoms with Gasteiger partial charge in [0.05, 0.1) is 13.2 Å². The van der Waals surface area contributed by atoms with Crippen molar-refractivity contribution >= 4 is 10.2 Å². The molecule has 8 heteroatoms. The minimum atomic E-state index is -9.54. The lowest BCUT2D eigenvalue weighted by atomic mass is 10.1. The summed E-state index contributed by atoms with van der Waals surface area (Å²) in [5, 5.41) is 0. The van der Waals surface area contributed by atoms with Crippen molar-refractivity contribution in [1.82, 2.24) is 4.90 Å². The zero-order valence-electron chi connectivity index (χ0n) is 11.4. The molecule has 1 fully saturated rings. The molecular weight excluding hydrogens is 313 g/mol. The molecule has 1 saturated heterocycles. The van der Waals surface area contributed by atoms with Gasteiger partial charge in [0.15, 0.2) is 0 Å². The molecule has 0 bridgehead atoms. The smallest absolute Gasteiger partial charge is 0.310 e. The molecule has 0 saturated carbocycles.